The highest BCUT2D eigenvalue weighted by Crippen LogP contribution is 2.65. The summed E-state index contributed by atoms with van der Waals surface area (Å²) in [5, 5.41) is 0. The largest absolute Gasteiger partial charge is 0.369 e. The first kappa shape index (κ1) is 23.7. The van der Waals surface area contributed by atoms with E-state index < -0.39 is 0 Å². The molecule has 0 amide bonds. The molecular formula is C31H49NO2. The van der Waals surface area contributed by atoms with E-state index in [1.807, 2.05) is 5.57 Å². The second-order valence-corrected chi connectivity index (χ2v) is 14.3. The highest BCUT2D eigenvalue weighted by atomic mass is 16.5. The Hall–Kier alpha value is -0.670. The van der Waals surface area contributed by atoms with Gasteiger partial charge in [-0.1, -0.05) is 31.9 Å². The van der Waals surface area contributed by atoms with Crippen molar-refractivity contribution in [2.45, 2.75) is 130 Å². The molecular weight excluding hydrogens is 418 g/mol. The van der Waals surface area contributed by atoms with Gasteiger partial charge in [0.25, 0.3) is 0 Å². The van der Waals surface area contributed by atoms with Gasteiger partial charge in [-0.05, 0) is 107 Å². The summed E-state index contributed by atoms with van der Waals surface area (Å²) in [6.07, 6.45) is 12.2. The predicted molar refractivity (Wildman–Crippen MR) is 138 cm³/mol. The molecule has 0 aromatic carbocycles. The second-order valence-electron chi connectivity index (χ2n) is 14.3. The number of Topliss-reactive ketones (excluding diaryl/α,β-unsaturated/α-hetero) is 1. The number of hydrogen-bond donors (Lipinski definition) is 0. The Morgan fingerprint density at radius 2 is 1.88 bits per heavy atom. The van der Waals surface area contributed by atoms with Crippen molar-refractivity contribution < 1.29 is 9.53 Å². The van der Waals surface area contributed by atoms with Crippen LogP contribution in [0.4, 0.5) is 0 Å². The lowest BCUT2D eigenvalue weighted by molar-refractivity contribution is -0.129. The number of carbonyl (C=O) groups excluding carboxylic acids is 1. The molecule has 34 heavy (non-hydrogen) atoms. The molecule has 3 saturated carbocycles. The fourth-order valence-corrected chi connectivity index (χ4v) is 10.5. The summed E-state index contributed by atoms with van der Waals surface area (Å²) >= 11 is 0. The Morgan fingerprint density at radius 1 is 1.09 bits per heavy atom. The van der Waals surface area contributed by atoms with Crippen molar-refractivity contribution in [2.24, 2.45) is 40.9 Å². The maximum Gasteiger partial charge on any atom is 0.133 e. The molecule has 6 rings (SSSR count). The minimum Gasteiger partial charge on any atom is -0.369 e. The lowest BCUT2D eigenvalue weighted by Crippen LogP contribution is -2.54. The maximum absolute atomic E-state index is 12.2. The standard InChI is InChI=1S/C31H49NO2/c1-18(2)32-17-19(3)13-28-29(32)21(5)31(34-28)12-10-24-25-8-7-22-14-23(33)9-11-30(22,6)27(25)15-26(24)20(4)16-31/h18-19,21-22,24-25,27-29H,7-17H2,1-6H3/t19-,21+,22+,24-,25?,27-,28+,29-,30?,31?/m0/s1. The van der Waals surface area contributed by atoms with E-state index in [2.05, 4.69) is 46.4 Å². The number of ether oxygens (including phenoxy) is 1. The lowest BCUT2D eigenvalue weighted by Gasteiger charge is -2.52. The third-order valence-corrected chi connectivity index (χ3v) is 12.3. The molecule has 1 spiro atoms. The van der Waals surface area contributed by atoms with Gasteiger partial charge in [-0.25, -0.2) is 0 Å². The zero-order valence-corrected chi connectivity index (χ0v) is 22.7. The second kappa shape index (κ2) is 8.17. The van der Waals surface area contributed by atoms with Crippen LogP contribution >= 0.6 is 0 Å². The molecule has 0 aromatic heterocycles. The van der Waals surface area contributed by atoms with Crippen LogP contribution in [-0.4, -0.2) is 41.0 Å². The average Bonchev–Trinajstić information content (AvgIpc) is 3.24. The SMILES string of the molecule is CC1=C2C[C@H]3C(CC[C@@H]4CC(=O)CCC43C)[C@@H]2CCC2(C1)O[C@@H]1C[C@H](C)CN(C(C)C)[C@H]1[C@H]2C. The topological polar surface area (TPSA) is 29.5 Å². The first-order valence-electron chi connectivity index (χ1n) is 14.8. The molecule has 190 valence electrons. The molecule has 6 aliphatic rings. The summed E-state index contributed by atoms with van der Waals surface area (Å²) in [5.41, 5.74) is 3.94. The summed E-state index contributed by atoms with van der Waals surface area (Å²) in [6, 6.07) is 1.19. The van der Waals surface area contributed by atoms with Crippen LogP contribution in [0.3, 0.4) is 0 Å². The number of nitrogens with zero attached hydrogens (tertiary/aromatic N) is 1. The molecule has 5 fully saturated rings. The number of carbonyl (C=O) groups is 1. The predicted octanol–water partition coefficient (Wildman–Crippen LogP) is 6.80. The fourth-order valence-electron chi connectivity index (χ4n) is 10.5. The fraction of sp³-hybridized carbons (Fsp3) is 0.903. The number of rotatable bonds is 1. The molecule has 2 aliphatic heterocycles. The zero-order chi connectivity index (χ0) is 24.0. The number of allylic oxidation sites excluding steroid dienone is 1. The molecule has 4 aliphatic carbocycles. The van der Waals surface area contributed by atoms with Crippen LogP contribution in [-0.2, 0) is 9.53 Å². The van der Waals surface area contributed by atoms with Gasteiger partial charge >= 0.3 is 0 Å². The molecule has 0 N–H and O–H groups in total. The van der Waals surface area contributed by atoms with Crippen LogP contribution in [0.1, 0.15) is 106 Å². The van der Waals surface area contributed by atoms with Crippen LogP contribution in [0.25, 0.3) is 0 Å². The van der Waals surface area contributed by atoms with Gasteiger partial charge in [-0.15, -0.1) is 0 Å². The van der Waals surface area contributed by atoms with Crippen LogP contribution < -0.4 is 0 Å². The van der Waals surface area contributed by atoms with Crippen molar-refractivity contribution >= 4 is 5.78 Å². The quantitative estimate of drug-likeness (QED) is 0.397. The number of likely N-dealkylation sites (tertiary alicyclic amines) is 1. The molecule has 0 aromatic rings. The molecule has 2 saturated heterocycles. The van der Waals surface area contributed by atoms with Gasteiger partial charge < -0.3 is 4.74 Å². The van der Waals surface area contributed by atoms with Crippen molar-refractivity contribution in [3.63, 3.8) is 0 Å². The van der Waals surface area contributed by atoms with Gasteiger partial charge in [0.15, 0.2) is 0 Å². The van der Waals surface area contributed by atoms with Gasteiger partial charge in [0, 0.05) is 37.4 Å². The van der Waals surface area contributed by atoms with Crippen molar-refractivity contribution in [3.8, 4) is 0 Å². The summed E-state index contributed by atoms with van der Waals surface area (Å²) in [4.78, 5) is 15.0. The summed E-state index contributed by atoms with van der Waals surface area (Å²) in [7, 11) is 0. The van der Waals surface area contributed by atoms with E-state index in [1.165, 1.54) is 45.1 Å². The Kier molecular flexibility index (Phi) is 5.70. The molecule has 3 unspecified atom stereocenters. The smallest absolute Gasteiger partial charge is 0.133 e. The van der Waals surface area contributed by atoms with Gasteiger partial charge in [0.05, 0.1) is 11.7 Å². The summed E-state index contributed by atoms with van der Waals surface area (Å²) in [6.45, 7) is 16.0. The van der Waals surface area contributed by atoms with E-state index in [1.54, 1.807) is 5.57 Å². The summed E-state index contributed by atoms with van der Waals surface area (Å²) < 4.78 is 7.21. The first-order valence-corrected chi connectivity index (χ1v) is 14.8. The minimum atomic E-state index is 0.0435. The minimum absolute atomic E-state index is 0.0435. The van der Waals surface area contributed by atoms with Gasteiger partial charge in [-0.3, -0.25) is 9.69 Å². The van der Waals surface area contributed by atoms with E-state index in [0.29, 0.717) is 41.2 Å². The van der Waals surface area contributed by atoms with Crippen molar-refractivity contribution in [1.82, 2.24) is 4.90 Å². The molecule has 2 heterocycles. The van der Waals surface area contributed by atoms with E-state index in [0.717, 1.165) is 49.4 Å². The molecule has 3 heteroatoms. The van der Waals surface area contributed by atoms with E-state index >= 15 is 0 Å². The first-order chi connectivity index (χ1) is 16.1. The Labute approximate surface area is 208 Å². The monoisotopic (exact) mass is 467 g/mol. The van der Waals surface area contributed by atoms with Crippen LogP contribution in [0.15, 0.2) is 11.1 Å². The Morgan fingerprint density at radius 3 is 2.65 bits per heavy atom. The van der Waals surface area contributed by atoms with Gasteiger partial charge in [0.1, 0.15) is 5.78 Å². The highest BCUT2D eigenvalue weighted by molar-refractivity contribution is 5.79. The van der Waals surface area contributed by atoms with Crippen molar-refractivity contribution in [3.05, 3.63) is 11.1 Å². The Bertz CT molecular complexity index is 877. The van der Waals surface area contributed by atoms with Crippen LogP contribution in [0.5, 0.6) is 0 Å². The molecule has 10 atom stereocenters. The zero-order valence-electron chi connectivity index (χ0n) is 22.7. The summed E-state index contributed by atoms with van der Waals surface area (Å²) in [5.74, 6) is 4.95. The molecule has 3 nitrogen and oxygen atoms in total. The highest BCUT2D eigenvalue weighted by Gasteiger charge is 2.60. The maximum atomic E-state index is 12.2. The van der Waals surface area contributed by atoms with Crippen molar-refractivity contribution in [2.75, 3.05) is 6.54 Å². The molecule has 0 radical (unpaired) electrons. The molecule has 0 bridgehead atoms. The number of fused-ring (bicyclic) bond motifs is 6. The van der Waals surface area contributed by atoms with Gasteiger partial charge in [-0.2, -0.15) is 0 Å². The third kappa shape index (κ3) is 3.38. The van der Waals surface area contributed by atoms with Crippen LogP contribution in [0, 0.1) is 40.9 Å². The van der Waals surface area contributed by atoms with E-state index in [-0.39, 0.29) is 5.60 Å². The normalized spacial score (nSPS) is 51.3. The van der Waals surface area contributed by atoms with Crippen molar-refractivity contribution in [1.29, 1.82) is 0 Å². The number of hydrogen-bond acceptors (Lipinski definition) is 3. The van der Waals surface area contributed by atoms with Crippen LogP contribution in [0.2, 0.25) is 0 Å². The van der Waals surface area contributed by atoms with E-state index in [4.69, 9.17) is 4.74 Å². The Balaban J connectivity index is 1.28. The number of ketones is 1. The third-order valence-electron chi connectivity index (χ3n) is 12.3. The lowest BCUT2D eigenvalue weighted by atomic mass is 9.52. The average molecular weight is 468 g/mol. The number of piperidine rings is 1. The van der Waals surface area contributed by atoms with Gasteiger partial charge in [0.2, 0.25) is 0 Å². The van der Waals surface area contributed by atoms with E-state index in [9.17, 15) is 4.79 Å².